The van der Waals surface area contributed by atoms with Crippen molar-refractivity contribution in [3.05, 3.63) is 35.9 Å². The van der Waals surface area contributed by atoms with Gasteiger partial charge in [0.2, 0.25) is 0 Å². The Labute approximate surface area is 181 Å². The van der Waals surface area contributed by atoms with Gasteiger partial charge in [-0.1, -0.05) is 56.0 Å². The van der Waals surface area contributed by atoms with Crippen molar-refractivity contribution in [1.29, 1.82) is 0 Å². The fraction of sp³-hybridized carbons (Fsp3) is 0.680. The third-order valence-corrected chi connectivity index (χ3v) is 7.62. The van der Waals surface area contributed by atoms with Crippen molar-refractivity contribution in [2.24, 2.45) is 16.6 Å². The number of aliphatic imine (C=N–C) groups is 1. The smallest absolute Gasteiger partial charge is 0.257 e. The Hall–Kier alpha value is -1.88. The maximum Gasteiger partial charge on any atom is 0.257 e. The molecule has 1 amide bonds. The summed E-state index contributed by atoms with van der Waals surface area (Å²) in [6.45, 7) is 0. The van der Waals surface area contributed by atoms with Gasteiger partial charge in [-0.15, -0.1) is 0 Å². The SMILES string of the molecule is CN1C(=O)C(CCc2ccccc2)(CC[C@@H]2CCC[C@H](NC3CCCC3)C2)N=C1N. The predicted octanol–water partition coefficient (Wildman–Crippen LogP) is 4.02. The normalized spacial score (nSPS) is 30.1. The highest BCUT2D eigenvalue weighted by atomic mass is 16.2. The first kappa shape index (κ1) is 21.4. The van der Waals surface area contributed by atoms with Gasteiger partial charge in [-0.3, -0.25) is 9.69 Å². The Bertz CT molecular complexity index is 743. The van der Waals surface area contributed by atoms with Crippen molar-refractivity contribution in [3.63, 3.8) is 0 Å². The van der Waals surface area contributed by atoms with Crippen LogP contribution in [0.2, 0.25) is 0 Å². The van der Waals surface area contributed by atoms with E-state index in [9.17, 15) is 4.79 Å². The quantitative estimate of drug-likeness (QED) is 0.680. The lowest BCUT2D eigenvalue weighted by Crippen LogP contribution is -2.43. The fourth-order valence-electron chi connectivity index (χ4n) is 5.78. The summed E-state index contributed by atoms with van der Waals surface area (Å²) in [4.78, 5) is 19.4. The third kappa shape index (κ3) is 4.88. The zero-order chi connectivity index (χ0) is 21.0. The molecule has 0 radical (unpaired) electrons. The van der Waals surface area contributed by atoms with Crippen LogP contribution in [0.5, 0.6) is 0 Å². The Balaban J connectivity index is 1.37. The summed E-state index contributed by atoms with van der Waals surface area (Å²) in [5.41, 5.74) is 6.66. The summed E-state index contributed by atoms with van der Waals surface area (Å²) in [6.07, 6.45) is 14.0. The van der Waals surface area contributed by atoms with Crippen LogP contribution < -0.4 is 11.1 Å². The van der Waals surface area contributed by atoms with Crippen LogP contribution in [0.3, 0.4) is 0 Å². The van der Waals surface area contributed by atoms with Crippen LogP contribution in [-0.4, -0.2) is 41.4 Å². The van der Waals surface area contributed by atoms with Gasteiger partial charge in [-0.2, -0.15) is 0 Å². The minimum Gasteiger partial charge on any atom is -0.369 e. The average molecular weight is 411 g/mol. The fourth-order valence-corrected chi connectivity index (χ4v) is 5.78. The van der Waals surface area contributed by atoms with Gasteiger partial charge in [0.1, 0.15) is 5.54 Å². The first-order valence-corrected chi connectivity index (χ1v) is 12.0. The van der Waals surface area contributed by atoms with Crippen molar-refractivity contribution in [2.45, 2.75) is 94.7 Å². The van der Waals surface area contributed by atoms with E-state index in [1.54, 1.807) is 11.9 Å². The first-order valence-electron chi connectivity index (χ1n) is 12.0. The van der Waals surface area contributed by atoms with Crippen LogP contribution in [0.4, 0.5) is 0 Å². The largest absolute Gasteiger partial charge is 0.369 e. The number of aryl methyl sites for hydroxylation is 1. The number of rotatable bonds is 8. The van der Waals surface area contributed by atoms with Gasteiger partial charge in [0.15, 0.2) is 5.96 Å². The van der Waals surface area contributed by atoms with E-state index in [-0.39, 0.29) is 5.91 Å². The molecule has 30 heavy (non-hydrogen) atoms. The molecule has 1 unspecified atom stereocenters. The minimum absolute atomic E-state index is 0.0763. The molecular weight excluding hydrogens is 372 g/mol. The van der Waals surface area contributed by atoms with E-state index in [4.69, 9.17) is 10.7 Å². The van der Waals surface area contributed by atoms with E-state index in [0.717, 1.165) is 31.7 Å². The molecule has 0 bridgehead atoms. The van der Waals surface area contributed by atoms with Gasteiger partial charge in [0.05, 0.1) is 0 Å². The second-order valence-electron chi connectivity index (χ2n) is 9.77. The lowest BCUT2D eigenvalue weighted by Gasteiger charge is -2.34. The molecule has 0 saturated heterocycles. The van der Waals surface area contributed by atoms with Gasteiger partial charge in [-0.25, -0.2) is 4.99 Å². The second-order valence-corrected chi connectivity index (χ2v) is 9.77. The number of nitrogens with zero attached hydrogens (tertiary/aromatic N) is 2. The maximum absolute atomic E-state index is 13.1. The number of carbonyl (C=O) groups is 1. The molecule has 5 nitrogen and oxygen atoms in total. The lowest BCUT2D eigenvalue weighted by atomic mass is 9.78. The number of hydrogen-bond acceptors (Lipinski definition) is 4. The molecule has 1 aromatic carbocycles. The highest BCUT2D eigenvalue weighted by Crippen LogP contribution is 2.36. The zero-order valence-electron chi connectivity index (χ0n) is 18.5. The summed E-state index contributed by atoms with van der Waals surface area (Å²) in [6, 6.07) is 11.8. The van der Waals surface area contributed by atoms with Crippen molar-refractivity contribution in [1.82, 2.24) is 10.2 Å². The number of likely N-dealkylation sites (N-methyl/N-ethyl adjacent to an activating group) is 1. The Kier molecular flexibility index (Phi) is 6.77. The molecule has 2 saturated carbocycles. The average Bonchev–Trinajstić information content (AvgIpc) is 3.35. The van der Waals surface area contributed by atoms with Gasteiger partial charge in [0, 0.05) is 19.1 Å². The molecule has 0 spiro atoms. The molecule has 164 valence electrons. The summed E-state index contributed by atoms with van der Waals surface area (Å²) in [5.74, 6) is 1.13. The monoisotopic (exact) mass is 410 g/mol. The van der Waals surface area contributed by atoms with Crippen LogP contribution >= 0.6 is 0 Å². The van der Waals surface area contributed by atoms with Gasteiger partial charge >= 0.3 is 0 Å². The molecule has 1 aliphatic heterocycles. The summed E-state index contributed by atoms with van der Waals surface area (Å²) in [7, 11) is 1.76. The number of carbonyl (C=O) groups excluding carboxylic acids is 1. The molecule has 1 heterocycles. The predicted molar refractivity (Wildman–Crippen MR) is 122 cm³/mol. The Morgan fingerprint density at radius 3 is 2.50 bits per heavy atom. The Morgan fingerprint density at radius 2 is 1.80 bits per heavy atom. The van der Waals surface area contributed by atoms with E-state index in [0.29, 0.717) is 17.9 Å². The second kappa shape index (κ2) is 9.51. The number of nitrogens with one attached hydrogen (secondary N) is 1. The molecular formula is C25H38N4O. The number of benzene rings is 1. The van der Waals surface area contributed by atoms with Crippen molar-refractivity contribution in [3.8, 4) is 0 Å². The van der Waals surface area contributed by atoms with Gasteiger partial charge in [-0.05, 0) is 62.8 Å². The molecule has 2 fully saturated rings. The molecule has 1 aromatic rings. The van der Waals surface area contributed by atoms with E-state index >= 15 is 0 Å². The molecule has 4 rings (SSSR count). The van der Waals surface area contributed by atoms with E-state index in [1.165, 1.54) is 56.9 Å². The zero-order valence-corrected chi connectivity index (χ0v) is 18.5. The van der Waals surface area contributed by atoms with E-state index in [1.807, 2.05) is 6.07 Å². The van der Waals surface area contributed by atoms with Crippen LogP contribution in [-0.2, 0) is 11.2 Å². The first-order chi connectivity index (χ1) is 14.6. The molecule has 5 heteroatoms. The van der Waals surface area contributed by atoms with Crippen molar-refractivity contribution in [2.75, 3.05) is 7.05 Å². The number of amides is 1. The standard InChI is InChI=1S/C25H38N4O/c1-29-23(30)25(28-24(29)26,16-14-19-8-3-2-4-9-19)17-15-20-10-7-13-22(18-20)27-21-11-5-6-12-21/h2-4,8-9,20-22,27H,5-7,10-18H2,1H3,(H2,26,28)/t20-,22-,25?/m0/s1. The third-order valence-electron chi connectivity index (χ3n) is 7.62. The van der Waals surface area contributed by atoms with Crippen LogP contribution in [0, 0.1) is 5.92 Å². The highest BCUT2D eigenvalue weighted by molar-refractivity contribution is 6.06. The highest BCUT2D eigenvalue weighted by Gasteiger charge is 2.46. The molecule has 2 aliphatic carbocycles. The van der Waals surface area contributed by atoms with E-state index in [2.05, 4.69) is 29.6 Å². The summed E-state index contributed by atoms with van der Waals surface area (Å²) >= 11 is 0. The number of hydrogen-bond donors (Lipinski definition) is 2. The van der Waals surface area contributed by atoms with E-state index < -0.39 is 5.54 Å². The maximum atomic E-state index is 13.1. The lowest BCUT2D eigenvalue weighted by molar-refractivity contribution is -0.130. The molecule has 0 aromatic heterocycles. The van der Waals surface area contributed by atoms with Crippen LogP contribution in [0.25, 0.3) is 0 Å². The molecule has 3 aliphatic rings. The van der Waals surface area contributed by atoms with Gasteiger partial charge in [0.25, 0.3) is 5.91 Å². The van der Waals surface area contributed by atoms with Crippen molar-refractivity contribution >= 4 is 11.9 Å². The van der Waals surface area contributed by atoms with Crippen LogP contribution in [0.1, 0.15) is 76.2 Å². The van der Waals surface area contributed by atoms with Crippen LogP contribution in [0.15, 0.2) is 35.3 Å². The Morgan fingerprint density at radius 1 is 1.07 bits per heavy atom. The van der Waals surface area contributed by atoms with Gasteiger partial charge < -0.3 is 11.1 Å². The molecule has 3 atom stereocenters. The number of guanidine groups is 1. The minimum atomic E-state index is -0.680. The topological polar surface area (TPSA) is 70.7 Å². The molecule has 3 N–H and O–H groups in total. The summed E-state index contributed by atoms with van der Waals surface area (Å²) in [5, 5.41) is 3.93. The summed E-state index contributed by atoms with van der Waals surface area (Å²) < 4.78 is 0. The van der Waals surface area contributed by atoms with Crippen molar-refractivity contribution < 1.29 is 4.79 Å². The number of nitrogens with two attached hydrogens (primary N) is 1.